The van der Waals surface area contributed by atoms with Crippen molar-refractivity contribution >= 4 is 16.8 Å². The highest BCUT2D eigenvalue weighted by molar-refractivity contribution is 8.15. The second-order valence-corrected chi connectivity index (χ2v) is 7.03. The molecule has 4 nitrogen and oxygen atoms in total. The number of aromatic nitrogens is 2. The highest BCUT2D eigenvalue weighted by Gasteiger charge is 2.05. The Morgan fingerprint density at radius 3 is 2.76 bits per heavy atom. The maximum atomic E-state index is 11.5. The quantitative estimate of drug-likeness (QED) is 0.492. The number of carbonyl (C=O) groups is 1. The van der Waals surface area contributed by atoms with E-state index < -0.39 is 0 Å². The summed E-state index contributed by atoms with van der Waals surface area (Å²) in [6, 6.07) is 0. The normalized spacial score (nSPS) is 11.3. The number of nitrogens with zero attached hydrogens (tertiary/aromatic N) is 1. The Bertz CT molecular complexity index is 312. The summed E-state index contributed by atoms with van der Waals surface area (Å²) in [6.07, 6.45) is 12.6. The van der Waals surface area contributed by atoms with Gasteiger partial charge in [-0.25, -0.2) is 4.98 Å². The molecule has 1 aromatic rings. The monoisotopic (exact) mass is 257 g/mol. The number of nitrogens with one attached hydrogen (secondary N) is 2. The van der Waals surface area contributed by atoms with Crippen molar-refractivity contribution < 1.29 is 4.79 Å². The number of unbranched alkanes of at least 4 members (excludes halogenated alkanes) is 3. The number of rotatable bonds is 8. The van der Waals surface area contributed by atoms with E-state index in [9.17, 15) is 4.79 Å². The van der Waals surface area contributed by atoms with Crippen molar-refractivity contribution in [1.82, 2.24) is 15.3 Å². The number of thiol groups is 1. The average Bonchev–Trinajstić information content (AvgIpc) is 2.80. The third-order valence-corrected chi connectivity index (χ3v) is 3.76. The Morgan fingerprint density at radius 2 is 2.12 bits per heavy atom. The van der Waals surface area contributed by atoms with Crippen LogP contribution in [0.4, 0.5) is 0 Å². The number of imidazole rings is 1. The van der Waals surface area contributed by atoms with Gasteiger partial charge in [0.1, 0.15) is 5.69 Å². The lowest BCUT2D eigenvalue weighted by molar-refractivity contribution is 0.0948. The molecule has 0 atom stereocenters. The van der Waals surface area contributed by atoms with Gasteiger partial charge in [-0.2, -0.15) is 0 Å². The van der Waals surface area contributed by atoms with Crippen LogP contribution in [0.5, 0.6) is 0 Å². The molecule has 5 heteroatoms. The molecule has 1 aromatic heterocycles. The van der Waals surface area contributed by atoms with Crippen LogP contribution >= 0.6 is 10.9 Å². The summed E-state index contributed by atoms with van der Waals surface area (Å²) < 4.78 is 0. The lowest BCUT2D eigenvalue weighted by Crippen LogP contribution is -2.24. The fourth-order valence-corrected chi connectivity index (χ4v) is 2.44. The van der Waals surface area contributed by atoms with E-state index in [0.717, 1.165) is 13.0 Å². The van der Waals surface area contributed by atoms with E-state index in [-0.39, 0.29) is 16.8 Å². The number of hydrogen-bond acceptors (Lipinski definition) is 2. The van der Waals surface area contributed by atoms with Gasteiger partial charge in [-0.3, -0.25) is 15.7 Å². The van der Waals surface area contributed by atoms with Gasteiger partial charge in [0, 0.05) is 12.7 Å². The number of amides is 1. The van der Waals surface area contributed by atoms with Crippen LogP contribution in [0.1, 0.15) is 36.2 Å². The fraction of sp³-hybridized carbons (Fsp3) is 0.667. The molecule has 1 heterocycles. The van der Waals surface area contributed by atoms with Crippen LogP contribution in [0.2, 0.25) is 0 Å². The Balaban J connectivity index is 1.96. The molecule has 0 aromatic carbocycles. The van der Waals surface area contributed by atoms with Crippen LogP contribution in [0, 0.1) is 0 Å². The van der Waals surface area contributed by atoms with Crippen LogP contribution in [0.25, 0.3) is 0 Å². The van der Waals surface area contributed by atoms with Gasteiger partial charge in [0.05, 0.1) is 6.33 Å². The van der Waals surface area contributed by atoms with E-state index in [4.69, 9.17) is 0 Å². The summed E-state index contributed by atoms with van der Waals surface area (Å²) in [6.45, 7) is 0.749. The predicted molar refractivity (Wildman–Crippen MR) is 75.1 cm³/mol. The molecule has 0 spiro atoms. The summed E-state index contributed by atoms with van der Waals surface area (Å²) in [5.74, 6) is 1.28. The highest BCUT2D eigenvalue weighted by atomic mass is 32.2. The van der Waals surface area contributed by atoms with E-state index in [0.29, 0.717) is 5.69 Å². The Kier molecular flexibility index (Phi) is 6.77. The summed E-state index contributed by atoms with van der Waals surface area (Å²) in [5.41, 5.74) is 0.465. The smallest absolute Gasteiger partial charge is 0.271 e. The molecule has 0 radical (unpaired) electrons. The van der Waals surface area contributed by atoms with Crippen molar-refractivity contribution in [2.75, 3.05) is 24.8 Å². The zero-order valence-corrected chi connectivity index (χ0v) is 11.6. The first-order chi connectivity index (χ1) is 8.20. The van der Waals surface area contributed by atoms with Crippen molar-refractivity contribution in [2.24, 2.45) is 0 Å². The van der Waals surface area contributed by atoms with Gasteiger partial charge in [-0.15, -0.1) is 0 Å². The summed E-state index contributed by atoms with van der Waals surface area (Å²) in [7, 11) is 0.258. The minimum atomic E-state index is -0.0862. The maximum Gasteiger partial charge on any atom is 0.271 e. The van der Waals surface area contributed by atoms with Gasteiger partial charge < -0.3 is 10.3 Å². The van der Waals surface area contributed by atoms with Gasteiger partial charge in [-0.1, -0.05) is 12.8 Å². The van der Waals surface area contributed by atoms with Crippen LogP contribution in [0.3, 0.4) is 0 Å². The molecular formula is C12H23N3OS. The summed E-state index contributed by atoms with van der Waals surface area (Å²) in [4.78, 5) is 18.2. The minimum Gasteiger partial charge on any atom is -0.351 e. The van der Waals surface area contributed by atoms with Crippen molar-refractivity contribution in [1.29, 1.82) is 0 Å². The number of H-pyrrole nitrogens is 1. The molecular weight excluding hydrogens is 234 g/mol. The molecule has 0 unspecified atom stereocenters. The molecule has 98 valence electrons. The molecule has 0 saturated carbocycles. The van der Waals surface area contributed by atoms with Gasteiger partial charge >= 0.3 is 0 Å². The second kappa shape index (κ2) is 8.17. The zero-order valence-electron chi connectivity index (χ0n) is 10.7. The van der Waals surface area contributed by atoms with Crippen molar-refractivity contribution in [3.63, 3.8) is 0 Å². The Morgan fingerprint density at radius 1 is 1.35 bits per heavy atom. The topological polar surface area (TPSA) is 57.8 Å². The Hall–Kier alpha value is -0.970. The van der Waals surface area contributed by atoms with Crippen molar-refractivity contribution in [3.05, 3.63) is 18.2 Å². The van der Waals surface area contributed by atoms with Gasteiger partial charge in [0.15, 0.2) is 0 Å². The lowest BCUT2D eigenvalue weighted by atomic mass is 10.2. The van der Waals surface area contributed by atoms with Crippen LogP contribution in [-0.2, 0) is 0 Å². The van der Waals surface area contributed by atoms with E-state index >= 15 is 0 Å². The van der Waals surface area contributed by atoms with E-state index in [2.05, 4.69) is 27.8 Å². The van der Waals surface area contributed by atoms with E-state index in [1.165, 1.54) is 31.3 Å². The van der Waals surface area contributed by atoms with Crippen LogP contribution < -0.4 is 5.32 Å². The first-order valence-corrected chi connectivity index (χ1v) is 8.54. The zero-order chi connectivity index (χ0) is 12.5. The maximum absolute atomic E-state index is 11.5. The van der Waals surface area contributed by atoms with Gasteiger partial charge in [0.25, 0.3) is 5.91 Å². The fourth-order valence-electron chi connectivity index (χ4n) is 1.58. The average molecular weight is 257 g/mol. The summed E-state index contributed by atoms with van der Waals surface area (Å²) in [5, 5.41) is 2.87. The summed E-state index contributed by atoms with van der Waals surface area (Å²) >= 11 is 0. The molecule has 0 aliphatic rings. The number of carbonyl (C=O) groups excluding carboxylic acids is 1. The molecule has 0 fully saturated rings. The third-order valence-electron chi connectivity index (χ3n) is 2.55. The third kappa shape index (κ3) is 6.36. The second-order valence-electron chi connectivity index (χ2n) is 4.43. The van der Waals surface area contributed by atoms with E-state index in [1.54, 1.807) is 6.20 Å². The van der Waals surface area contributed by atoms with Crippen LogP contribution in [-0.4, -0.2) is 40.7 Å². The molecule has 1 amide bonds. The Labute approximate surface area is 106 Å². The number of aromatic amines is 1. The van der Waals surface area contributed by atoms with Gasteiger partial charge in [0.2, 0.25) is 0 Å². The van der Waals surface area contributed by atoms with Gasteiger partial charge in [-0.05, 0) is 31.1 Å². The molecule has 17 heavy (non-hydrogen) atoms. The SMILES string of the molecule is C[SH](C)CCCCCCNC(=O)c1c[nH]cn1. The minimum absolute atomic E-state index is 0.0862. The lowest BCUT2D eigenvalue weighted by Gasteiger charge is -2.08. The first kappa shape index (κ1) is 14.1. The van der Waals surface area contributed by atoms with Crippen LogP contribution in [0.15, 0.2) is 12.5 Å². The predicted octanol–water partition coefficient (Wildman–Crippen LogP) is 1.96. The molecule has 2 N–H and O–H groups in total. The molecule has 0 aliphatic carbocycles. The standard InChI is InChI=1S/C12H23N3OS/c1-17(2)8-6-4-3-5-7-14-12(16)11-9-13-10-15-11/h9-10,17H,3-8H2,1-2H3,(H,13,15)(H,14,16). The first-order valence-electron chi connectivity index (χ1n) is 6.12. The molecule has 0 aliphatic heterocycles. The highest BCUT2D eigenvalue weighted by Crippen LogP contribution is 2.16. The van der Waals surface area contributed by atoms with Crippen molar-refractivity contribution in [3.8, 4) is 0 Å². The van der Waals surface area contributed by atoms with E-state index in [1.807, 2.05) is 0 Å². The largest absolute Gasteiger partial charge is 0.351 e. The number of hydrogen-bond donors (Lipinski definition) is 3. The van der Waals surface area contributed by atoms with Crippen molar-refractivity contribution in [2.45, 2.75) is 25.7 Å². The molecule has 1 rings (SSSR count). The molecule has 0 saturated heterocycles. The molecule has 0 bridgehead atoms.